The molecule has 2 aromatic carbocycles. The SMILES string of the molecule is C[C@H](NC(=O)CN1CCOCC1)c1cccc2ccccc12. The van der Waals surface area contributed by atoms with Crippen molar-refractivity contribution in [3.8, 4) is 0 Å². The summed E-state index contributed by atoms with van der Waals surface area (Å²) < 4.78 is 5.31. The van der Waals surface area contributed by atoms with Gasteiger partial charge in [0.25, 0.3) is 0 Å². The predicted molar refractivity (Wildman–Crippen MR) is 87.8 cm³/mol. The lowest BCUT2D eigenvalue weighted by atomic mass is 10.00. The molecule has 1 heterocycles. The van der Waals surface area contributed by atoms with Gasteiger partial charge in [-0.05, 0) is 23.3 Å². The van der Waals surface area contributed by atoms with Crippen LogP contribution in [0.25, 0.3) is 10.8 Å². The number of amides is 1. The maximum atomic E-state index is 12.2. The van der Waals surface area contributed by atoms with Crippen LogP contribution in [-0.2, 0) is 9.53 Å². The minimum Gasteiger partial charge on any atom is -0.379 e. The topological polar surface area (TPSA) is 41.6 Å². The van der Waals surface area contributed by atoms with Gasteiger partial charge in [0, 0.05) is 13.1 Å². The molecule has 1 N–H and O–H groups in total. The summed E-state index contributed by atoms with van der Waals surface area (Å²) in [4.78, 5) is 14.4. The van der Waals surface area contributed by atoms with E-state index in [9.17, 15) is 4.79 Å². The van der Waals surface area contributed by atoms with Crippen LogP contribution in [0.4, 0.5) is 0 Å². The Balaban J connectivity index is 1.67. The van der Waals surface area contributed by atoms with E-state index in [1.54, 1.807) is 0 Å². The lowest BCUT2D eigenvalue weighted by Crippen LogP contribution is -2.43. The van der Waals surface area contributed by atoms with Crippen molar-refractivity contribution in [3.63, 3.8) is 0 Å². The number of fused-ring (bicyclic) bond motifs is 1. The fourth-order valence-corrected chi connectivity index (χ4v) is 2.96. The van der Waals surface area contributed by atoms with E-state index < -0.39 is 0 Å². The first-order valence-electron chi connectivity index (χ1n) is 7.81. The molecule has 1 fully saturated rings. The molecule has 1 aliphatic rings. The minimum atomic E-state index is -0.000333. The highest BCUT2D eigenvalue weighted by Gasteiger charge is 2.16. The molecule has 1 atom stereocenters. The Morgan fingerprint density at radius 2 is 1.91 bits per heavy atom. The highest BCUT2D eigenvalue weighted by molar-refractivity contribution is 5.87. The average molecular weight is 298 g/mol. The summed E-state index contributed by atoms with van der Waals surface area (Å²) in [5, 5.41) is 5.52. The van der Waals surface area contributed by atoms with Gasteiger partial charge in [-0.15, -0.1) is 0 Å². The zero-order chi connectivity index (χ0) is 15.4. The third-order valence-corrected chi connectivity index (χ3v) is 4.14. The van der Waals surface area contributed by atoms with Gasteiger partial charge in [0.05, 0.1) is 25.8 Å². The van der Waals surface area contributed by atoms with E-state index in [-0.39, 0.29) is 11.9 Å². The van der Waals surface area contributed by atoms with Gasteiger partial charge in [0.1, 0.15) is 0 Å². The van der Waals surface area contributed by atoms with Gasteiger partial charge in [0.2, 0.25) is 5.91 Å². The molecule has 0 radical (unpaired) electrons. The molecule has 2 aromatic rings. The predicted octanol–water partition coefficient (Wildman–Crippen LogP) is 2.35. The number of carbonyl (C=O) groups excluding carboxylic acids is 1. The van der Waals surface area contributed by atoms with Crippen molar-refractivity contribution in [1.82, 2.24) is 10.2 Å². The number of nitrogens with zero attached hydrogens (tertiary/aromatic N) is 1. The molecule has 0 aromatic heterocycles. The number of benzene rings is 2. The minimum absolute atomic E-state index is 0.000333. The normalized spacial score (nSPS) is 17.3. The Morgan fingerprint density at radius 3 is 2.73 bits per heavy atom. The second kappa shape index (κ2) is 6.90. The Hall–Kier alpha value is -1.91. The molecule has 1 aliphatic heterocycles. The fourth-order valence-electron chi connectivity index (χ4n) is 2.96. The van der Waals surface area contributed by atoms with E-state index in [1.807, 2.05) is 25.1 Å². The summed E-state index contributed by atoms with van der Waals surface area (Å²) >= 11 is 0. The second-order valence-electron chi connectivity index (χ2n) is 5.75. The van der Waals surface area contributed by atoms with E-state index in [0.717, 1.165) is 18.7 Å². The highest BCUT2D eigenvalue weighted by Crippen LogP contribution is 2.23. The van der Waals surface area contributed by atoms with Crippen LogP contribution >= 0.6 is 0 Å². The van der Waals surface area contributed by atoms with E-state index in [2.05, 4.69) is 34.5 Å². The van der Waals surface area contributed by atoms with Crippen molar-refractivity contribution >= 4 is 16.7 Å². The Labute approximate surface area is 131 Å². The van der Waals surface area contributed by atoms with Gasteiger partial charge in [-0.2, -0.15) is 0 Å². The summed E-state index contributed by atoms with van der Waals surface area (Å²) in [7, 11) is 0. The first-order chi connectivity index (χ1) is 10.7. The van der Waals surface area contributed by atoms with Crippen LogP contribution in [0.15, 0.2) is 42.5 Å². The highest BCUT2D eigenvalue weighted by atomic mass is 16.5. The van der Waals surface area contributed by atoms with Gasteiger partial charge in [-0.1, -0.05) is 42.5 Å². The summed E-state index contributed by atoms with van der Waals surface area (Å²) in [6.45, 7) is 5.57. The van der Waals surface area contributed by atoms with Crippen LogP contribution in [0.5, 0.6) is 0 Å². The van der Waals surface area contributed by atoms with Gasteiger partial charge in [-0.3, -0.25) is 9.69 Å². The lowest BCUT2D eigenvalue weighted by molar-refractivity contribution is -0.123. The van der Waals surface area contributed by atoms with Crippen LogP contribution < -0.4 is 5.32 Å². The van der Waals surface area contributed by atoms with E-state index in [0.29, 0.717) is 19.8 Å². The zero-order valence-electron chi connectivity index (χ0n) is 12.9. The summed E-state index contributed by atoms with van der Waals surface area (Å²) in [6, 6.07) is 14.5. The van der Waals surface area contributed by atoms with Crippen molar-refractivity contribution in [2.24, 2.45) is 0 Å². The number of morpholine rings is 1. The largest absolute Gasteiger partial charge is 0.379 e. The Bertz CT molecular complexity index is 645. The van der Waals surface area contributed by atoms with E-state index in [1.165, 1.54) is 10.8 Å². The van der Waals surface area contributed by atoms with Gasteiger partial charge in [0.15, 0.2) is 0 Å². The third-order valence-electron chi connectivity index (χ3n) is 4.14. The van der Waals surface area contributed by atoms with Crippen LogP contribution in [0.1, 0.15) is 18.5 Å². The Morgan fingerprint density at radius 1 is 1.18 bits per heavy atom. The molecule has 3 rings (SSSR count). The van der Waals surface area contributed by atoms with Gasteiger partial charge < -0.3 is 10.1 Å². The molecule has 22 heavy (non-hydrogen) atoms. The first-order valence-corrected chi connectivity index (χ1v) is 7.81. The molecular weight excluding hydrogens is 276 g/mol. The molecule has 116 valence electrons. The van der Waals surface area contributed by atoms with Crippen molar-refractivity contribution in [2.45, 2.75) is 13.0 Å². The molecule has 0 aliphatic carbocycles. The second-order valence-corrected chi connectivity index (χ2v) is 5.75. The van der Waals surface area contributed by atoms with Crippen LogP contribution in [0, 0.1) is 0 Å². The number of ether oxygens (including phenoxy) is 1. The number of nitrogens with one attached hydrogen (secondary N) is 1. The van der Waals surface area contributed by atoms with Crippen molar-refractivity contribution < 1.29 is 9.53 Å². The summed E-state index contributed by atoms with van der Waals surface area (Å²) in [5.41, 5.74) is 1.16. The number of hydrogen-bond acceptors (Lipinski definition) is 3. The number of rotatable bonds is 4. The van der Waals surface area contributed by atoms with Crippen LogP contribution in [-0.4, -0.2) is 43.7 Å². The summed E-state index contributed by atoms with van der Waals surface area (Å²) in [6.07, 6.45) is 0. The molecule has 4 nitrogen and oxygen atoms in total. The molecule has 0 saturated carbocycles. The molecule has 0 bridgehead atoms. The number of hydrogen-bond donors (Lipinski definition) is 1. The van der Waals surface area contributed by atoms with Gasteiger partial charge in [-0.25, -0.2) is 0 Å². The van der Waals surface area contributed by atoms with Gasteiger partial charge >= 0.3 is 0 Å². The lowest BCUT2D eigenvalue weighted by Gasteiger charge is -2.26. The van der Waals surface area contributed by atoms with Crippen LogP contribution in [0.3, 0.4) is 0 Å². The quantitative estimate of drug-likeness (QED) is 0.942. The van der Waals surface area contributed by atoms with E-state index >= 15 is 0 Å². The fraction of sp³-hybridized carbons (Fsp3) is 0.389. The monoisotopic (exact) mass is 298 g/mol. The smallest absolute Gasteiger partial charge is 0.234 e. The molecule has 1 saturated heterocycles. The molecule has 4 heteroatoms. The van der Waals surface area contributed by atoms with Crippen molar-refractivity contribution in [1.29, 1.82) is 0 Å². The van der Waals surface area contributed by atoms with E-state index in [4.69, 9.17) is 4.74 Å². The standard InChI is InChI=1S/C18H22N2O2/c1-14(19-18(21)13-20-9-11-22-12-10-20)16-8-4-6-15-5-2-3-7-17(15)16/h2-8,14H,9-13H2,1H3,(H,19,21)/t14-/m0/s1. The number of carbonyl (C=O) groups is 1. The first kappa shape index (κ1) is 15.0. The van der Waals surface area contributed by atoms with Crippen LogP contribution in [0.2, 0.25) is 0 Å². The van der Waals surface area contributed by atoms with Crippen molar-refractivity contribution in [2.75, 3.05) is 32.8 Å². The zero-order valence-corrected chi connectivity index (χ0v) is 12.9. The van der Waals surface area contributed by atoms with Crippen molar-refractivity contribution in [3.05, 3.63) is 48.0 Å². The molecule has 0 spiro atoms. The molecule has 0 unspecified atom stereocenters. The third kappa shape index (κ3) is 3.46. The maximum absolute atomic E-state index is 12.2. The summed E-state index contributed by atoms with van der Waals surface area (Å²) in [5.74, 6) is 0.0716. The molecule has 1 amide bonds. The Kier molecular flexibility index (Phi) is 4.71. The maximum Gasteiger partial charge on any atom is 0.234 e. The molecular formula is C18H22N2O2. The average Bonchev–Trinajstić information content (AvgIpc) is 2.55.